The summed E-state index contributed by atoms with van der Waals surface area (Å²) in [7, 11) is 1.76. The van der Waals surface area contributed by atoms with Gasteiger partial charge in [0.1, 0.15) is 5.75 Å². The van der Waals surface area contributed by atoms with Gasteiger partial charge in [-0.1, -0.05) is 32.9 Å². The summed E-state index contributed by atoms with van der Waals surface area (Å²) in [5, 5.41) is 6.73. The molecule has 0 radical (unpaired) electrons. The lowest BCUT2D eigenvalue weighted by atomic mass is 9.89. The van der Waals surface area contributed by atoms with Crippen molar-refractivity contribution in [2.45, 2.75) is 53.7 Å². The predicted octanol–water partition coefficient (Wildman–Crippen LogP) is 3.53. The quantitative estimate of drug-likeness (QED) is 0.486. The molecule has 0 aliphatic carbocycles. The van der Waals surface area contributed by atoms with Crippen molar-refractivity contribution in [1.82, 2.24) is 10.6 Å². The highest BCUT2D eigenvalue weighted by Crippen LogP contribution is 2.24. The lowest BCUT2D eigenvalue weighted by Crippen LogP contribution is -2.45. The molecule has 1 fully saturated rings. The number of methoxy groups -OCH3 is 1. The van der Waals surface area contributed by atoms with Crippen LogP contribution >= 0.6 is 0 Å². The Morgan fingerprint density at radius 3 is 2.72 bits per heavy atom. The van der Waals surface area contributed by atoms with E-state index in [1.54, 1.807) is 7.11 Å². The first-order valence-electron chi connectivity index (χ1n) is 10.7. The first-order valence-corrected chi connectivity index (χ1v) is 10.7. The molecule has 0 amide bonds. The van der Waals surface area contributed by atoms with Crippen LogP contribution in [0.15, 0.2) is 23.2 Å². The number of hydrogen-bond acceptors (Lipinski definition) is 4. The van der Waals surface area contributed by atoms with Gasteiger partial charge in [-0.3, -0.25) is 0 Å². The summed E-state index contributed by atoms with van der Waals surface area (Å²) in [5.74, 6) is 2.18. The van der Waals surface area contributed by atoms with Crippen LogP contribution < -0.4 is 15.4 Å². The number of hydrogen-bond donors (Lipinski definition) is 2. The normalized spacial score (nSPS) is 18.6. The maximum Gasteiger partial charge on any atom is 0.191 e. The Labute approximate surface area is 176 Å². The summed E-state index contributed by atoms with van der Waals surface area (Å²) < 4.78 is 17.2. The van der Waals surface area contributed by atoms with Crippen LogP contribution in [0.1, 0.15) is 45.2 Å². The van der Waals surface area contributed by atoms with Crippen LogP contribution in [0.2, 0.25) is 0 Å². The number of rotatable bonds is 9. The second kappa shape index (κ2) is 11.4. The van der Waals surface area contributed by atoms with Crippen molar-refractivity contribution in [1.29, 1.82) is 0 Å². The summed E-state index contributed by atoms with van der Waals surface area (Å²) in [6.45, 7) is 15.1. The summed E-state index contributed by atoms with van der Waals surface area (Å²) in [6, 6.07) is 6.31. The molecule has 1 heterocycles. The second-order valence-electron chi connectivity index (χ2n) is 8.82. The molecule has 0 spiro atoms. The summed E-state index contributed by atoms with van der Waals surface area (Å²) >= 11 is 0. The lowest BCUT2D eigenvalue weighted by molar-refractivity contribution is 0.0205. The molecule has 2 N–H and O–H groups in total. The smallest absolute Gasteiger partial charge is 0.191 e. The van der Waals surface area contributed by atoms with E-state index in [0.29, 0.717) is 25.6 Å². The fraction of sp³-hybridized carbons (Fsp3) is 0.696. The van der Waals surface area contributed by atoms with E-state index < -0.39 is 0 Å². The van der Waals surface area contributed by atoms with Crippen LogP contribution in [0, 0.1) is 18.3 Å². The minimum Gasteiger partial charge on any atom is -0.493 e. The van der Waals surface area contributed by atoms with Gasteiger partial charge >= 0.3 is 0 Å². The molecule has 1 aliphatic heterocycles. The van der Waals surface area contributed by atoms with E-state index in [4.69, 9.17) is 19.2 Å². The van der Waals surface area contributed by atoms with Crippen LogP contribution in [-0.2, 0) is 16.0 Å². The largest absolute Gasteiger partial charge is 0.493 e. The minimum absolute atomic E-state index is 0.0565. The Morgan fingerprint density at radius 2 is 2.10 bits per heavy atom. The maximum atomic E-state index is 6.14. The third-order valence-corrected chi connectivity index (χ3v) is 5.18. The molecule has 1 aromatic rings. The van der Waals surface area contributed by atoms with E-state index in [0.717, 1.165) is 43.5 Å². The van der Waals surface area contributed by atoms with Crippen LogP contribution in [0.5, 0.6) is 5.75 Å². The van der Waals surface area contributed by atoms with Crippen LogP contribution in [0.4, 0.5) is 0 Å². The Bertz CT molecular complexity index is 649. The highest BCUT2D eigenvalue weighted by atomic mass is 16.5. The third-order valence-electron chi connectivity index (χ3n) is 5.18. The molecule has 6 heteroatoms. The van der Waals surface area contributed by atoms with Gasteiger partial charge in [0.25, 0.3) is 0 Å². The fourth-order valence-corrected chi connectivity index (χ4v) is 3.29. The van der Waals surface area contributed by atoms with Crippen molar-refractivity contribution >= 4 is 5.96 Å². The highest BCUT2D eigenvalue weighted by Gasteiger charge is 2.24. The van der Waals surface area contributed by atoms with Gasteiger partial charge in [0.15, 0.2) is 5.96 Å². The molecule has 1 aromatic carbocycles. The second-order valence-corrected chi connectivity index (χ2v) is 8.82. The monoisotopic (exact) mass is 405 g/mol. The van der Waals surface area contributed by atoms with Crippen molar-refractivity contribution in [3.63, 3.8) is 0 Å². The molecule has 29 heavy (non-hydrogen) atoms. The van der Waals surface area contributed by atoms with Gasteiger partial charge in [-0.15, -0.1) is 0 Å². The first kappa shape index (κ1) is 23.5. The molecular formula is C23H39N3O3. The molecule has 1 aliphatic rings. The summed E-state index contributed by atoms with van der Waals surface area (Å²) in [4.78, 5) is 4.78. The predicted molar refractivity (Wildman–Crippen MR) is 119 cm³/mol. The number of ether oxygens (including phenoxy) is 3. The molecule has 2 atom stereocenters. The molecule has 0 saturated carbocycles. The Balaban J connectivity index is 2.03. The van der Waals surface area contributed by atoms with Gasteiger partial charge in [0.05, 0.1) is 25.9 Å². The molecule has 0 aromatic heterocycles. The first-order chi connectivity index (χ1) is 13.8. The molecular weight excluding hydrogens is 366 g/mol. The highest BCUT2D eigenvalue weighted by molar-refractivity contribution is 5.79. The van der Waals surface area contributed by atoms with Gasteiger partial charge in [0, 0.05) is 38.3 Å². The molecule has 6 nitrogen and oxygen atoms in total. The minimum atomic E-state index is 0.0565. The number of aliphatic imine (C=N–C) groups is 1. The van der Waals surface area contributed by atoms with E-state index >= 15 is 0 Å². The topological polar surface area (TPSA) is 64.1 Å². The average molecular weight is 406 g/mol. The van der Waals surface area contributed by atoms with Crippen LogP contribution in [0.3, 0.4) is 0 Å². The molecule has 1 saturated heterocycles. The lowest BCUT2D eigenvalue weighted by Gasteiger charge is -2.30. The van der Waals surface area contributed by atoms with Gasteiger partial charge in [-0.05, 0) is 37.3 Å². The van der Waals surface area contributed by atoms with E-state index in [-0.39, 0.29) is 11.5 Å². The Kier molecular flexibility index (Phi) is 9.24. The van der Waals surface area contributed by atoms with Crippen molar-refractivity contribution < 1.29 is 14.2 Å². The van der Waals surface area contributed by atoms with Gasteiger partial charge < -0.3 is 24.8 Å². The Hall–Kier alpha value is -1.79. The molecule has 2 rings (SSSR count). The van der Waals surface area contributed by atoms with E-state index in [2.05, 4.69) is 63.5 Å². The van der Waals surface area contributed by atoms with Crippen molar-refractivity contribution in [3.05, 3.63) is 29.3 Å². The molecule has 0 bridgehead atoms. The number of nitrogens with zero attached hydrogens (tertiary/aromatic N) is 1. The SMILES string of the molecule is CCNC(=NCc1ccc(C)cc1OCC1CCOC1)NCC(OC)C(C)(C)C. The molecule has 2 unspecified atom stereocenters. The molecule has 164 valence electrons. The average Bonchev–Trinajstić information content (AvgIpc) is 3.18. The van der Waals surface area contributed by atoms with Gasteiger partial charge in [0.2, 0.25) is 0 Å². The van der Waals surface area contributed by atoms with E-state index in [9.17, 15) is 0 Å². The van der Waals surface area contributed by atoms with Crippen LogP contribution in [0.25, 0.3) is 0 Å². The Morgan fingerprint density at radius 1 is 1.31 bits per heavy atom. The van der Waals surface area contributed by atoms with E-state index in [1.165, 1.54) is 5.56 Å². The summed E-state index contributed by atoms with van der Waals surface area (Å²) in [5.41, 5.74) is 2.33. The van der Waals surface area contributed by atoms with Crippen molar-refractivity contribution in [2.24, 2.45) is 16.3 Å². The van der Waals surface area contributed by atoms with Crippen LogP contribution in [-0.4, -0.2) is 52.1 Å². The zero-order valence-corrected chi connectivity index (χ0v) is 19.0. The third kappa shape index (κ3) is 7.86. The maximum absolute atomic E-state index is 6.14. The number of benzene rings is 1. The standard InChI is InChI=1S/C23H39N3O3/c1-7-24-22(26-14-21(27-6)23(3,4)5)25-13-19-9-8-17(2)12-20(19)29-16-18-10-11-28-15-18/h8-9,12,18,21H,7,10-11,13-16H2,1-6H3,(H2,24,25,26). The number of nitrogens with one attached hydrogen (secondary N) is 2. The van der Waals surface area contributed by atoms with Gasteiger partial charge in [-0.2, -0.15) is 0 Å². The van der Waals surface area contributed by atoms with Crippen molar-refractivity contribution in [3.8, 4) is 5.75 Å². The fourth-order valence-electron chi connectivity index (χ4n) is 3.29. The number of guanidine groups is 1. The summed E-state index contributed by atoms with van der Waals surface area (Å²) in [6.07, 6.45) is 1.17. The van der Waals surface area contributed by atoms with Crippen molar-refractivity contribution in [2.75, 3.05) is 40.0 Å². The van der Waals surface area contributed by atoms with Gasteiger partial charge in [-0.25, -0.2) is 4.99 Å². The number of aryl methyl sites for hydroxylation is 1. The zero-order valence-electron chi connectivity index (χ0n) is 19.0. The van der Waals surface area contributed by atoms with E-state index in [1.807, 2.05) is 0 Å². The zero-order chi connectivity index (χ0) is 21.3.